The molecule has 0 saturated carbocycles. The van der Waals surface area contributed by atoms with Crippen molar-refractivity contribution in [2.45, 2.75) is 13.8 Å². The van der Waals surface area contributed by atoms with Crippen molar-refractivity contribution in [3.05, 3.63) is 12.7 Å². The van der Waals surface area contributed by atoms with Gasteiger partial charge in [0, 0.05) is 0 Å². The summed E-state index contributed by atoms with van der Waals surface area (Å²) in [7, 11) is 0. The standard InChI is InChI=1S/C5H7Se2/c1-4-5(2)7-3-6-4/h3H,1-2H3/q+1. The Labute approximate surface area is 55.7 Å². The monoisotopic (exact) mass is 227 g/mol. The number of rotatable bonds is 0. The third-order valence-electron chi connectivity index (χ3n) is 0.946. The molecule has 0 aliphatic carbocycles. The average Bonchev–Trinajstić information content (AvgIpc) is 1.91. The van der Waals surface area contributed by atoms with E-state index in [2.05, 4.69) is 17.7 Å². The van der Waals surface area contributed by atoms with E-state index >= 15 is 0 Å². The molecule has 1 aromatic heterocycles. The number of hydrogen-bond donors (Lipinski definition) is 0. The van der Waals surface area contributed by atoms with Gasteiger partial charge in [-0.2, -0.15) is 0 Å². The van der Waals surface area contributed by atoms with Gasteiger partial charge in [-0.15, -0.1) is 0 Å². The first-order chi connectivity index (χ1) is 3.30. The first kappa shape index (κ1) is 5.78. The second-order valence-corrected chi connectivity index (χ2v) is 7.50. The molecular formula is C5H7Se2+. The van der Waals surface area contributed by atoms with E-state index in [9.17, 15) is 0 Å². The summed E-state index contributed by atoms with van der Waals surface area (Å²) in [5.41, 5.74) is 0. The summed E-state index contributed by atoms with van der Waals surface area (Å²) in [5, 5.41) is 0. The van der Waals surface area contributed by atoms with Crippen LogP contribution in [0.15, 0.2) is 3.81 Å². The van der Waals surface area contributed by atoms with E-state index in [0.717, 1.165) is 29.0 Å². The van der Waals surface area contributed by atoms with Gasteiger partial charge in [0.25, 0.3) is 0 Å². The van der Waals surface area contributed by atoms with Crippen molar-refractivity contribution in [3.8, 4) is 0 Å². The Morgan fingerprint density at radius 3 is 2.43 bits per heavy atom. The summed E-state index contributed by atoms with van der Waals surface area (Å²) in [6.45, 7) is 4.50. The van der Waals surface area contributed by atoms with E-state index in [4.69, 9.17) is 0 Å². The molecule has 38 valence electrons. The van der Waals surface area contributed by atoms with E-state index < -0.39 is 0 Å². The fourth-order valence-corrected chi connectivity index (χ4v) is 6.46. The van der Waals surface area contributed by atoms with Crippen LogP contribution in [-0.2, 0) is 0 Å². The van der Waals surface area contributed by atoms with Gasteiger partial charge in [0.05, 0.1) is 0 Å². The minimum absolute atomic E-state index is 0.782. The average molecular weight is 225 g/mol. The Bertz CT molecular complexity index is 138. The topological polar surface area (TPSA) is 0 Å². The zero-order chi connectivity index (χ0) is 5.28. The van der Waals surface area contributed by atoms with Crippen molar-refractivity contribution in [2.24, 2.45) is 0 Å². The van der Waals surface area contributed by atoms with Gasteiger partial charge in [-0.25, -0.2) is 0 Å². The van der Waals surface area contributed by atoms with Gasteiger partial charge >= 0.3 is 55.5 Å². The molecule has 0 aliphatic rings. The van der Waals surface area contributed by atoms with Gasteiger partial charge in [-0.05, 0) is 0 Å². The summed E-state index contributed by atoms with van der Waals surface area (Å²) in [5.74, 6) is 0. The van der Waals surface area contributed by atoms with Crippen LogP contribution >= 0.6 is 0 Å². The van der Waals surface area contributed by atoms with Crippen molar-refractivity contribution in [3.63, 3.8) is 0 Å². The predicted octanol–water partition coefficient (Wildman–Crippen LogP) is 0.699. The van der Waals surface area contributed by atoms with Crippen molar-refractivity contribution >= 4 is 29.0 Å². The molecule has 0 spiro atoms. The zero-order valence-electron chi connectivity index (χ0n) is 4.39. The SMILES string of the molecule is Cc1[se]c[se+]c1C. The predicted molar refractivity (Wildman–Crippen MR) is 34.2 cm³/mol. The van der Waals surface area contributed by atoms with E-state index in [0.29, 0.717) is 0 Å². The van der Waals surface area contributed by atoms with Crippen LogP contribution in [0.5, 0.6) is 0 Å². The Morgan fingerprint density at radius 1 is 1.57 bits per heavy atom. The van der Waals surface area contributed by atoms with E-state index in [1.807, 2.05) is 0 Å². The fourth-order valence-electron chi connectivity index (χ4n) is 0.334. The molecule has 1 rings (SSSR count). The zero-order valence-corrected chi connectivity index (χ0v) is 7.82. The molecule has 0 atom stereocenters. The third kappa shape index (κ3) is 1.27. The molecule has 0 aromatic carbocycles. The third-order valence-corrected chi connectivity index (χ3v) is 6.87. The van der Waals surface area contributed by atoms with Crippen LogP contribution in [0.4, 0.5) is 0 Å². The van der Waals surface area contributed by atoms with Gasteiger partial charge in [0.1, 0.15) is 0 Å². The summed E-state index contributed by atoms with van der Waals surface area (Å²) >= 11 is 1.56. The minimum atomic E-state index is 0.782. The van der Waals surface area contributed by atoms with Crippen LogP contribution in [0.2, 0.25) is 0 Å². The normalized spacial score (nSPS) is 9.43. The quantitative estimate of drug-likeness (QED) is 0.570. The Balaban J connectivity index is 3.12. The maximum absolute atomic E-state index is 2.45. The molecule has 1 aromatic rings. The van der Waals surface area contributed by atoms with Crippen LogP contribution in [0.3, 0.4) is 0 Å². The summed E-state index contributed by atoms with van der Waals surface area (Å²) in [4.78, 5) is 0. The molecule has 0 unspecified atom stereocenters. The van der Waals surface area contributed by atoms with Crippen molar-refractivity contribution < 1.29 is 0 Å². The molecule has 0 amide bonds. The van der Waals surface area contributed by atoms with Gasteiger partial charge in [0.15, 0.2) is 0 Å². The van der Waals surface area contributed by atoms with Gasteiger partial charge in [0.2, 0.25) is 0 Å². The summed E-state index contributed by atoms with van der Waals surface area (Å²) < 4.78 is 5.77. The van der Waals surface area contributed by atoms with Crippen molar-refractivity contribution in [1.29, 1.82) is 0 Å². The maximum atomic E-state index is 2.45. The van der Waals surface area contributed by atoms with Crippen LogP contribution in [0, 0.1) is 13.8 Å². The van der Waals surface area contributed by atoms with Crippen LogP contribution in [0.1, 0.15) is 8.87 Å². The molecule has 0 fully saturated rings. The Hall–Kier alpha value is 0.649. The molecule has 2 heteroatoms. The molecule has 0 saturated heterocycles. The molecule has 0 bridgehead atoms. The Morgan fingerprint density at radius 2 is 2.29 bits per heavy atom. The molecule has 0 aliphatic heterocycles. The van der Waals surface area contributed by atoms with Crippen LogP contribution < -0.4 is 0 Å². The second-order valence-electron chi connectivity index (χ2n) is 1.44. The summed E-state index contributed by atoms with van der Waals surface area (Å²) in [6.07, 6.45) is 0. The molecule has 0 nitrogen and oxygen atoms in total. The number of hydrogen-bond acceptors (Lipinski definition) is 0. The van der Waals surface area contributed by atoms with E-state index in [-0.39, 0.29) is 0 Å². The molecule has 7 heavy (non-hydrogen) atoms. The van der Waals surface area contributed by atoms with Gasteiger partial charge < -0.3 is 0 Å². The Kier molecular flexibility index (Phi) is 1.88. The first-order valence-electron chi connectivity index (χ1n) is 2.13. The van der Waals surface area contributed by atoms with E-state index in [1.54, 1.807) is 8.87 Å². The molecule has 0 N–H and O–H groups in total. The second kappa shape index (κ2) is 2.28. The fraction of sp³-hybridized carbons (Fsp3) is 0.400. The van der Waals surface area contributed by atoms with E-state index in [1.165, 1.54) is 0 Å². The van der Waals surface area contributed by atoms with Crippen LogP contribution in [-0.4, -0.2) is 29.0 Å². The van der Waals surface area contributed by atoms with Crippen LogP contribution in [0.25, 0.3) is 0 Å². The molecule has 0 radical (unpaired) electrons. The summed E-state index contributed by atoms with van der Waals surface area (Å²) in [6, 6.07) is 0. The van der Waals surface area contributed by atoms with Gasteiger partial charge in [-0.3, -0.25) is 0 Å². The van der Waals surface area contributed by atoms with Crippen molar-refractivity contribution in [2.75, 3.05) is 0 Å². The van der Waals surface area contributed by atoms with Crippen molar-refractivity contribution in [1.82, 2.24) is 0 Å². The number of aryl methyl sites for hydroxylation is 2. The van der Waals surface area contributed by atoms with Gasteiger partial charge in [-0.1, -0.05) is 0 Å². The first-order valence-corrected chi connectivity index (χ1v) is 5.82. The molecular weight excluding hydrogens is 218 g/mol. The molecule has 1 heterocycles.